The van der Waals surface area contributed by atoms with E-state index in [1.165, 1.54) is 19.1 Å². The molecule has 2 saturated carbocycles. The fourth-order valence-corrected chi connectivity index (χ4v) is 6.15. The zero-order chi connectivity index (χ0) is 26.9. The van der Waals surface area contributed by atoms with Crippen LogP contribution in [-0.4, -0.2) is 23.2 Å². The molecule has 5 nitrogen and oxygen atoms in total. The molecule has 196 valence electrons. The molecule has 0 unspecified atom stereocenters. The van der Waals surface area contributed by atoms with Gasteiger partial charge in [0.05, 0.1) is 17.5 Å². The van der Waals surface area contributed by atoms with Crippen molar-refractivity contribution in [3.8, 4) is 11.4 Å². The van der Waals surface area contributed by atoms with E-state index in [1.807, 2.05) is 0 Å². The molecule has 1 aromatic heterocycles. The van der Waals surface area contributed by atoms with E-state index in [0.717, 1.165) is 36.1 Å². The van der Waals surface area contributed by atoms with Crippen molar-refractivity contribution in [3.05, 3.63) is 69.5 Å². The van der Waals surface area contributed by atoms with Crippen molar-refractivity contribution in [1.29, 1.82) is 0 Å². The Labute approximate surface area is 211 Å². The van der Waals surface area contributed by atoms with Crippen molar-refractivity contribution in [2.45, 2.75) is 53.1 Å². The second-order valence-electron chi connectivity index (χ2n) is 10.7. The Morgan fingerprint density at radius 2 is 1.81 bits per heavy atom. The number of esters is 1. The second kappa shape index (κ2) is 8.60. The molecule has 1 heterocycles. The van der Waals surface area contributed by atoms with Crippen molar-refractivity contribution in [2.24, 2.45) is 16.7 Å². The van der Waals surface area contributed by atoms with Crippen molar-refractivity contribution in [2.75, 3.05) is 6.61 Å². The number of rotatable bonds is 5. The number of carbonyl (C=O) groups is 1. The van der Waals surface area contributed by atoms with Gasteiger partial charge in [-0.15, -0.1) is 0 Å². The van der Waals surface area contributed by atoms with Gasteiger partial charge in [-0.25, -0.2) is 22.4 Å². The monoisotopic (exact) mass is 517 g/mol. The van der Waals surface area contributed by atoms with Gasteiger partial charge in [-0.2, -0.15) is 0 Å². The quantitative estimate of drug-likeness (QED) is 0.226. The van der Waals surface area contributed by atoms with E-state index in [4.69, 9.17) is 9.47 Å². The summed E-state index contributed by atoms with van der Waals surface area (Å²) in [5.74, 6) is -6.32. The molecule has 0 amide bonds. The fourth-order valence-electron chi connectivity index (χ4n) is 6.15. The number of nitrogens with zero attached hydrogens (tertiary/aromatic N) is 1. The molecule has 37 heavy (non-hydrogen) atoms. The number of benzene rings is 2. The van der Waals surface area contributed by atoms with Crippen LogP contribution in [0.1, 0.15) is 57.3 Å². The van der Waals surface area contributed by atoms with Crippen LogP contribution >= 0.6 is 0 Å². The van der Waals surface area contributed by atoms with Gasteiger partial charge < -0.3 is 14.0 Å². The molecule has 2 bridgehead atoms. The normalized spacial score (nSPS) is 24.0. The zero-order valence-corrected chi connectivity index (χ0v) is 21.0. The van der Waals surface area contributed by atoms with Crippen molar-refractivity contribution in [1.82, 2.24) is 4.57 Å². The van der Waals surface area contributed by atoms with Gasteiger partial charge in [0, 0.05) is 23.4 Å². The third-order valence-corrected chi connectivity index (χ3v) is 8.80. The number of hydrogen-bond donors (Lipinski definition) is 0. The van der Waals surface area contributed by atoms with Crippen molar-refractivity contribution >= 4 is 16.9 Å². The summed E-state index contributed by atoms with van der Waals surface area (Å²) in [4.78, 5) is 25.2. The lowest BCUT2D eigenvalue weighted by Gasteiger charge is -2.38. The molecule has 3 aromatic rings. The third kappa shape index (κ3) is 3.65. The van der Waals surface area contributed by atoms with E-state index in [0.29, 0.717) is 12.0 Å². The number of pyridine rings is 1. The summed E-state index contributed by atoms with van der Waals surface area (Å²) < 4.78 is 70.4. The number of halogens is 4. The minimum Gasteiger partial charge on any atom is -0.487 e. The van der Waals surface area contributed by atoms with Crippen LogP contribution < -0.4 is 10.2 Å². The van der Waals surface area contributed by atoms with Crippen LogP contribution in [0.3, 0.4) is 0 Å². The third-order valence-electron chi connectivity index (χ3n) is 8.80. The molecule has 3 atom stereocenters. The molecule has 2 aromatic carbocycles. The number of fused-ring (bicyclic) bond motifs is 3. The van der Waals surface area contributed by atoms with Gasteiger partial charge in [0.15, 0.2) is 29.0 Å². The Balaban J connectivity index is 1.61. The lowest BCUT2D eigenvalue weighted by molar-refractivity contribution is 0.0278. The van der Waals surface area contributed by atoms with E-state index >= 15 is 4.39 Å². The van der Waals surface area contributed by atoms with Crippen LogP contribution in [0.5, 0.6) is 5.75 Å². The van der Waals surface area contributed by atoms with E-state index in [2.05, 4.69) is 20.8 Å². The number of ether oxygens (including phenoxy) is 2. The average Bonchev–Trinajstić information content (AvgIpc) is 3.18. The summed E-state index contributed by atoms with van der Waals surface area (Å²) >= 11 is 0. The van der Waals surface area contributed by atoms with Crippen LogP contribution in [0.4, 0.5) is 17.6 Å². The molecule has 9 heteroatoms. The smallest absolute Gasteiger partial charge is 0.343 e. The van der Waals surface area contributed by atoms with Crippen molar-refractivity contribution < 1.29 is 31.8 Å². The first kappa shape index (κ1) is 25.3. The van der Waals surface area contributed by atoms with Crippen LogP contribution in [0, 0.1) is 40.0 Å². The van der Waals surface area contributed by atoms with E-state index in [1.54, 1.807) is 0 Å². The molecule has 2 aliphatic rings. The zero-order valence-electron chi connectivity index (χ0n) is 21.0. The Kier molecular flexibility index (Phi) is 5.88. The molecule has 2 aliphatic carbocycles. The van der Waals surface area contributed by atoms with Gasteiger partial charge in [-0.05, 0) is 55.7 Å². The van der Waals surface area contributed by atoms with Crippen LogP contribution in [0.25, 0.3) is 16.6 Å². The maximum absolute atomic E-state index is 15.3. The molecular formula is C28H27F4NO4. The van der Waals surface area contributed by atoms with Gasteiger partial charge in [-0.1, -0.05) is 20.8 Å². The predicted molar refractivity (Wildman–Crippen MR) is 129 cm³/mol. The SMILES string of the molecule is CCOC(=O)c1cn(-c2ccc(O[C@@H]3C[C@@H]4CC[C@]3(C)C4(C)C)c(F)c2)c2c(F)c(F)c(F)cc2c1=O. The standard InChI is InChI=1S/C28H27F4NO4/c1-5-36-26(35)17-13-33(24-16(25(17)34)12-19(30)22(31)23(24)32)15-6-7-20(18(29)11-15)37-21-10-14-8-9-28(21,4)27(14,2)3/h6-7,11-14,21H,5,8-10H2,1-4H3/t14-,21+,28-/m0/s1. The molecule has 0 saturated heterocycles. The van der Waals surface area contributed by atoms with Gasteiger partial charge in [0.1, 0.15) is 11.7 Å². The second-order valence-corrected chi connectivity index (χ2v) is 10.7. The summed E-state index contributed by atoms with van der Waals surface area (Å²) in [6, 6.07) is 4.33. The minimum atomic E-state index is -1.79. The number of hydrogen-bond acceptors (Lipinski definition) is 4. The Bertz CT molecular complexity index is 1500. The summed E-state index contributed by atoms with van der Waals surface area (Å²) in [7, 11) is 0. The summed E-state index contributed by atoms with van der Waals surface area (Å²) in [6.45, 7) is 8.06. The highest BCUT2D eigenvalue weighted by molar-refractivity contribution is 5.94. The molecule has 2 fully saturated rings. The van der Waals surface area contributed by atoms with E-state index in [9.17, 15) is 22.8 Å². The Morgan fingerprint density at radius 1 is 1.08 bits per heavy atom. The highest BCUT2D eigenvalue weighted by atomic mass is 19.2. The lowest BCUT2D eigenvalue weighted by Crippen LogP contribution is -2.39. The topological polar surface area (TPSA) is 57.5 Å². The summed E-state index contributed by atoms with van der Waals surface area (Å²) in [6.07, 6.45) is 3.66. The summed E-state index contributed by atoms with van der Waals surface area (Å²) in [5.41, 5.74) is -2.27. The first-order chi connectivity index (χ1) is 17.4. The molecule has 0 spiro atoms. The van der Waals surface area contributed by atoms with Crippen molar-refractivity contribution in [3.63, 3.8) is 0 Å². The first-order valence-corrected chi connectivity index (χ1v) is 12.3. The Morgan fingerprint density at radius 3 is 2.41 bits per heavy atom. The predicted octanol–water partition coefficient (Wildman–Crippen LogP) is 6.32. The molecule has 0 radical (unpaired) electrons. The highest BCUT2D eigenvalue weighted by Crippen LogP contribution is 2.66. The number of aromatic nitrogens is 1. The molecule has 0 aliphatic heterocycles. The van der Waals surface area contributed by atoms with E-state index in [-0.39, 0.29) is 35.0 Å². The molecular weight excluding hydrogens is 490 g/mol. The fraction of sp³-hybridized carbons (Fsp3) is 0.429. The van der Waals surface area contributed by atoms with Crippen LogP contribution in [0.2, 0.25) is 0 Å². The maximum Gasteiger partial charge on any atom is 0.343 e. The minimum absolute atomic E-state index is 0.00647. The average molecular weight is 518 g/mol. The Hall–Kier alpha value is -3.36. The lowest BCUT2D eigenvalue weighted by atomic mass is 9.70. The largest absolute Gasteiger partial charge is 0.487 e. The van der Waals surface area contributed by atoms with Gasteiger partial charge in [0.25, 0.3) is 0 Å². The first-order valence-electron chi connectivity index (χ1n) is 12.3. The number of carbonyl (C=O) groups excluding carboxylic acids is 1. The van der Waals surface area contributed by atoms with Gasteiger partial charge in [0.2, 0.25) is 5.43 Å². The van der Waals surface area contributed by atoms with Gasteiger partial charge in [-0.3, -0.25) is 4.79 Å². The van der Waals surface area contributed by atoms with E-state index < -0.39 is 51.1 Å². The van der Waals surface area contributed by atoms with Crippen LogP contribution in [-0.2, 0) is 4.74 Å². The summed E-state index contributed by atoms with van der Waals surface area (Å²) in [5, 5.41) is -0.583. The maximum atomic E-state index is 15.3. The molecule has 0 N–H and O–H groups in total. The van der Waals surface area contributed by atoms with Gasteiger partial charge >= 0.3 is 5.97 Å². The molecule has 5 rings (SSSR count). The van der Waals surface area contributed by atoms with Crippen LogP contribution in [0.15, 0.2) is 35.3 Å². The highest BCUT2D eigenvalue weighted by Gasteiger charge is 2.62.